The third-order valence-corrected chi connectivity index (χ3v) is 10.6. The average molecular weight is 415 g/mol. The van der Waals surface area contributed by atoms with E-state index in [0.717, 1.165) is 18.4 Å². The van der Waals surface area contributed by atoms with Gasteiger partial charge < -0.3 is 5.11 Å². The van der Waals surface area contributed by atoms with E-state index in [2.05, 4.69) is 106 Å². The molecule has 2 aliphatic rings. The summed E-state index contributed by atoms with van der Waals surface area (Å²) in [7, 11) is -0.748. The summed E-state index contributed by atoms with van der Waals surface area (Å²) in [5.74, 6) is 0.584. The van der Waals surface area contributed by atoms with Gasteiger partial charge >= 0.3 is 0 Å². The molecule has 2 bridgehead atoms. The van der Waals surface area contributed by atoms with Gasteiger partial charge in [0.15, 0.2) is 0 Å². The summed E-state index contributed by atoms with van der Waals surface area (Å²) in [5.41, 5.74) is 0.137. The highest BCUT2D eigenvalue weighted by molar-refractivity contribution is 7.79. The van der Waals surface area contributed by atoms with Crippen molar-refractivity contribution in [2.45, 2.75) is 45.6 Å². The van der Waals surface area contributed by atoms with Gasteiger partial charge in [0.1, 0.15) is 5.60 Å². The van der Waals surface area contributed by atoms with E-state index in [1.54, 1.807) is 0 Å². The SMILES string of the molecule is CC12CCC(C1)C(C)(C)C2(O)c1ccccc1P(c1ccccc1)c1ccccc1. The third-order valence-electron chi connectivity index (χ3n) is 8.13. The predicted octanol–water partition coefficient (Wildman–Crippen LogP) is 5.48. The molecule has 2 aliphatic carbocycles. The quantitative estimate of drug-likeness (QED) is 0.561. The summed E-state index contributed by atoms with van der Waals surface area (Å²) in [6.45, 7) is 6.92. The van der Waals surface area contributed by atoms with Crippen LogP contribution in [0.1, 0.15) is 45.6 Å². The highest BCUT2D eigenvalue weighted by Crippen LogP contribution is 2.71. The smallest absolute Gasteiger partial charge is 0.101 e. The van der Waals surface area contributed by atoms with Crippen LogP contribution in [-0.2, 0) is 5.60 Å². The Morgan fingerprint density at radius 3 is 1.83 bits per heavy atom. The molecule has 0 radical (unpaired) electrons. The van der Waals surface area contributed by atoms with Gasteiger partial charge in [0.05, 0.1) is 0 Å². The first kappa shape index (κ1) is 20.0. The second-order valence-electron chi connectivity index (χ2n) is 9.96. The van der Waals surface area contributed by atoms with Crippen molar-refractivity contribution in [1.29, 1.82) is 0 Å². The maximum Gasteiger partial charge on any atom is 0.101 e. The fourth-order valence-corrected chi connectivity index (χ4v) is 8.99. The number of hydrogen-bond donors (Lipinski definition) is 1. The Hall–Kier alpha value is -1.95. The third kappa shape index (κ3) is 2.68. The first-order valence-corrected chi connectivity index (χ1v) is 12.4. The van der Waals surface area contributed by atoms with E-state index in [0.29, 0.717) is 5.92 Å². The molecule has 3 unspecified atom stereocenters. The molecule has 2 heteroatoms. The minimum atomic E-state index is -0.816. The van der Waals surface area contributed by atoms with E-state index < -0.39 is 13.5 Å². The molecule has 3 aromatic carbocycles. The van der Waals surface area contributed by atoms with E-state index in [9.17, 15) is 5.11 Å². The number of rotatable bonds is 4. The summed E-state index contributed by atoms with van der Waals surface area (Å²) >= 11 is 0. The van der Waals surface area contributed by atoms with Crippen LogP contribution in [0.5, 0.6) is 0 Å². The molecule has 30 heavy (non-hydrogen) atoms. The molecule has 3 atom stereocenters. The molecule has 0 heterocycles. The van der Waals surface area contributed by atoms with Gasteiger partial charge in [-0.3, -0.25) is 0 Å². The zero-order chi connectivity index (χ0) is 21.0. The van der Waals surface area contributed by atoms with Crippen molar-refractivity contribution in [3.05, 3.63) is 90.5 Å². The molecular weight excluding hydrogens is 383 g/mol. The summed E-state index contributed by atoms with van der Waals surface area (Å²) in [6.07, 6.45) is 3.47. The lowest BCUT2D eigenvalue weighted by Gasteiger charge is -2.52. The Labute approximate surface area is 181 Å². The van der Waals surface area contributed by atoms with Gasteiger partial charge in [-0.05, 0) is 54.6 Å². The van der Waals surface area contributed by atoms with Gasteiger partial charge in [0.25, 0.3) is 0 Å². The number of aliphatic hydroxyl groups is 1. The maximum absolute atomic E-state index is 12.6. The van der Waals surface area contributed by atoms with Crippen LogP contribution < -0.4 is 15.9 Å². The van der Waals surface area contributed by atoms with Crippen molar-refractivity contribution >= 4 is 23.8 Å². The minimum absolute atomic E-state index is 0.0638. The molecule has 0 spiro atoms. The lowest BCUT2D eigenvalue weighted by atomic mass is 9.58. The molecule has 1 N–H and O–H groups in total. The zero-order valence-corrected chi connectivity index (χ0v) is 19.1. The standard InChI is InChI=1S/C28H31OP/c1-26(2)21-18-19-27(3,20-21)28(26,29)24-16-10-11-17-25(24)30(22-12-6-4-7-13-22)23-14-8-5-9-15-23/h4-17,21,29H,18-20H2,1-3H3. The van der Waals surface area contributed by atoms with Crippen molar-refractivity contribution in [3.63, 3.8) is 0 Å². The van der Waals surface area contributed by atoms with Crippen LogP contribution in [0, 0.1) is 16.7 Å². The Balaban J connectivity index is 1.75. The van der Waals surface area contributed by atoms with Crippen LogP contribution >= 0.6 is 7.92 Å². The summed E-state index contributed by atoms with van der Waals surface area (Å²) < 4.78 is 0. The molecule has 2 saturated carbocycles. The fourth-order valence-electron chi connectivity index (χ4n) is 6.49. The molecule has 3 aromatic rings. The lowest BCUT2D eigenvalue weighted by molar-refractivity contribution is -0.150. The molecule has 1 nitrogen and oxygen atoms in total. The Kier molecular flexibility index (Phi) is 4.69. The van der Waals surface area contributed by atoms with E-state index in [1.807, 2.05) is 0 Å². The normalized spacial score (nSPS) is 29.4. The molecule has 0 aromatic heterocycles. The lowest BCUT2D eigenvalue weighted by Crippen LogP contribution is -2.53. The molecule has 0 aliphatic heterocycles. The molecule has 0 amide bonds. The Morgan fingerprint density at radius 1 is 0.767 bits per heavy atom. The second kappa shape index (κ2) is 7.04. The van der Waals surface area contributed by atoms with Crippen molar-refractivity contribution in [2.75, 3.05) is 0 Å². The van der Waals surface area contributed by atoms with E-state index >= 15 is 0 Å². The van der Waals surface area contributed by atoms with Gasteiger partial charge in [0.2, 0.25) is 0 Å². The fraction of sp³-hybridized carbons (Fsp3) is 0.357. The van der Waals surface area contributed by atoms with Gasteiger partial charge in [-0.2, -0.15) is 0 Å². The number of benzene rings is 3. The highest BCUT2D eigenvalue weighted by atomic mass is 31.1. The second-order valence-corrected chi connectivity index (χ2v) is 12.1. The van der Waals surface area contributed by atoms with Crippen molar-refractivity contribution < 1.29 is 5.11 Å². The van der Waals surface area contributed by atoms with Crippen LogP contribution in [-0.4, -0.2) is 5.11 Å². The first-order valence-electron chi connectivity index (χ1n) is 11.1. The summed E-state index contributed by atoms with van der Waals surface area (Å²) in [5, 5.41) is 16.5. The largest absolute Gasteiger partial charge is 0.384 e. The van der Waals surface area contributed by atoms with Gasteiger partial charge in [-0.15, -0.1) is 0 Å². The molecule has 2 fully saturated rings. The van der Waals surface area contributed by atoms with Crippen molar-refractivity contribution in [3.8, 4) is 0 Å². The topological polar surface area (TPSA) is 20.2 Å². The Bertz CT molecular complexity index is 998. The van der Waals surface area contributed by atoms with Gasteiger partial charge in [-0.25, -0.2) is 0 Å². The van der Waals surface area contributed by atoms with E-state index in [-0.39, 0.29) is 10.8 Å². The van der Waals surface area contributed by atoms with Crippen LogP contribution in [0.25, 0.3) is 0 Å². The molecular formula is C28H31OP. The van der Waals surface area contributed by atoms with Crippen LogP contribution in [0.15, 0.2) is 84.9 Å². The summed E-state index contributed by atoms with van der Waals surface area (Å²) in [4.78, 5) is 0. The number of hydrogen-bond acceptors (Lipinski definition) is 1. The van der Waals surface area contributed by atoms with Crippen molar-refractivity contribution in [1.82, 2.24) is 0 Å². The van der Waals surface area contributed by atoms with Gasteiger partial charge in [0, 0.05) is 10.8 Å². The summed E-state index contributed by atoms with van der Waals surface area (Å²) in [6, 6.07) is 30.4. The monoisotopic (exact) mass is 414 g/mol. The number of fused-ring (bicyclic) bond motifs is 2. The average Bonchev–Trinajstić information content (AvgIpc) is 3.25. The molecule has 0 saturated heterocycles. The zero-order valence-electron chi connectivity index (χ0n) is 18.2. The van der Waals surface area contributed by atoms with Crippen LogP contribution in [0.3, 0.4) is 0 Å². The van der Waals surface area contributed by atoms with Crippen LogP contribution in [0.4, 0.5) is 0 Å². The minimum Gasteiger partial charge on any atom is -0.384 e. The maximum atomic E-state index is 12.6. The van der Waals surface area contributed by atoms with Crippen molar-refractivity contribution in [2.24, 2.45) is 16.7 Å². The molecule has 5 rings (SSSR count). The van der Waals surface area contributed by atoms with Gasteiger partial charge in [-0.1, -0.05) is 106 Å². The van der Waals surface area contributed by atoms with E-state index in [4.69, 9.17) is 0 Å². The first-order chi connectivity index (χ1) is 14.4. The highest BCUT2D eigenvalue weighted by Gasteiger charge is 2.69. The van der Waals surface area contributed by atoms with E-state index in [1.165, 1.54) is 22.3 Å². The molecule has 154 valence electrons. The van der Waals surface area contributed by atoms with Crippen LogP contribution in [0.2, 0.25) is 0 Å². The predicted molar refractivity (Wildman–Crippen MR) is 128 cm³/mol. The Morgan fingerprint density at radius 2 is 1.30 bits per heavy atom.